The second-order valence-electron chi connectivity index (χ2n) is 4.79. The van der Waals surface area contributed by atoms with Gasteiger partial charge in [-0.2, -0.15) is 0 Å². The standard InChI is InChI=1S/C14H23N3O2/c1-5-12(9(3)4)17-13-11(14(18)19-6-2)7-10(15)8-16-13/h7-9,12H,5-6,15H2,1-4H3,(H,16,17). The number of ether oxygens (including phenoxy) is 1. The largest absolute Gasteiger partial charge is 0.462 e. The van der Waals surface area contributed by atoms with Gasteiger partial charge in [-0.05, 0) is 25.3 Å². The van der Waals surface area contributed by atoms with Crippen LogP contribution in [0.1, 0.15) is 44.5 Å². The molecule has 1 unspecified atom stereocenters. The Balaban J connectivity index is 3.02. The van der Waals surface area contributed by atoms with Crippen LogP contribution in [0.5, 0.6) is 0 Å². The highest BCUT2D eigenvalue weighted by Crippen LogP contribution is 2.20. The number of pyridine rings is 1. The molecule has 5 nitrogen and oxygen atoms in total. The molecule has 0 saturated heterocycles. The van der Waals surface area contributed by atoms with Crippen molar-refractivity contribution in [3.05, 3.63) is 17.8 Å². The van der Waals surface area contributed by atoms with Crippen molar-refractivity contribution in [1.29, 1.82) is 0 Å². The highest BCUT2D eigenvalue weighted by atomic mass is 16.5. The summed E-state index contributed by atoms with van der Waals surface area (Å²) in [5, 5.41) is 3.30. The summed E-state index contributed by atoms with van der Waals surface area (Å²) in [4.78, 5) is 16.1. The van der Waals surface area contributed by atoms with Gasteiger partial charge in [-0.15, -0.1) is 0 Å². The van der Waals surface area contributed by atoms with E-state index in [1.165, 1.54) is 6.20 Å². The molecule has 1 rings (SSSR count). The molecule has 1 atom stereocenters. The van der Waals surface area contributed by atoms with Gasteiger partial charge in [0.15, 0.2) is 0 Å². The minimum absolute atomic E-state index is 0.254. The third-order valence-electron chi connectivity index (χ3n) is 2.97. The zero-order valence-corrected chi connectivity index (χ0v) is 12.1. The molecule has 0 aliphatic rings. The van der Waals surface area contributed by atoms with Crippen LogP contribution < -0.4 is 11.1 Å². The molecule has 0 aliphatic heterocycles. The average Bonchev–Trinajstić information content (AvgIpc) is 2.37. The van der Waals surface area contributed by atoms with E-state index in [1.807, 2.05) is 0 Å². The van der Waals surface area contributed by atoms with Gasteiger partial charge in [0.2, 0.25) is 0 Å². The first-order valence-corrected chi connectivity index (χ1v) is 6.68. The summed E-state index contributed by atoms with van der Waals surface area (Å²) in [7, 11) is 0. The molecule has 19 heavy (non-hydrogen) atoms. The van der Waals surface area contributed by atoms with Crippen LogP contribution in [0.2, 0.25) is 0 Å². The van der Waals surface area contributed by atoms with E-state index in [4.69, 9.17) is 10.5 Å². The van der Waals surface area contributed by atoms with E-state index in [0.717, 1.165) is 6.42 Å². The lowest BCUT2D eigenvalue weighted by Crippen LogP contribution is -2.26. The molecule has 0 spiro atoms. The Bertz CT molecular complexity index is 433. The zero-order valence-electron chi connectivity index (χ0n) is 12.1. The van der Waals surface area contributed by atoms with Crippen molar-refractivity contribution >= 4 is 17.5 Å². The summed E-state index contributed by atoms with van der Waals surface area (Å²) in [5.41, 5.74) is 6.53. The van der Waals surface area contributed by atoms with E-state index < -0.39 is 5.97 Å². The lowest BCUT2D eigenvalue weighted by atomic mass is 10.0. The smallest absolute Gasteiger partial charge is 0.341 e. The van der Waals surface area contributed by atoms with E-state index in [0.29, 0.717) is 29.6 Å². The molecule has 1 aromatic rings. The molecule has 1 aromatic heterocycles. The number of esters is 1. The molecule has 0 aliphatic carbocycles. The first kappa shape index (κ1) is 15.3. The first-order chi connectivity index (χ1) is 8.99. The van der Waals surface area contributed by atoms with Crippen LogP contribution in [0.3, 0.4) is 0 Å². The SMILES string of the molecule is CCOC(=O)c1cc(N)cnc1NC(CC)C(C)C. The minimum atomic E-state index is -0.400. The van der Waals surface area contributed by atoms with E-state index in [-0.39, 0.29) is 6.04 Å². The first-order valence-electron chi connectivity index (χ1n) is 6.68. The van der Waals surface area contributed by atoms with Crippen LogP contribution in [0.25, 0.3) is 0 Å². The molecule has 0 amide bonds. The molecular weight excluding hydrogens is 242 g/mol. The van der Waals surface area contributed by atoms with Crippen molar-refractivity contribution in [2.24, 2.45) is 5.92 Å². The van der Waals surface area contributed by atoms with Crippen LogP contribution in [-0.2, 0) is 4.74 Å². The maximum Gasteiger partial charge on any atom is 0.341 e. The predicted octanol–water partition coefficient (Wildman–Crippen LogP) is 2.69. The second-order valence-corrected chi connectivity index (χ2v) is 4.79. The fourth-order valence-corrected chi connectivity index (χ4v) is 1.88. The quantitative estimate of drug-likeness (QED) is 0.773. The van der Waals surface area contributed by atoms with Gasteiger partial charge in [-0.3, -0.25) is 0 Å². The number of carbonyl (C=O) groups is 1. The van der Waals surface area contributed by atoms with Crippen molar-refractivity contribution < 1.29 is 9.53 Å². The third kappa shape index (κ3) is 4.12. The number of nitrogens with one attached hydrogen (secondary N) is 1. The molecule has 0 radical (unpaired) electrons. The van der Waals surface area contributed by atoms with Crippen molar-refractivity contribution in [2.45, 2.75) is 40.2 Å². The van der Waals surface area contributed by atoms with Crippen molar-refractivity contribution in [2.75, 3.05) is 17.7 Å². The Morgan fingerprint density at radius 1 is 1.47 bits per heavy atom. The third-order valence-corrected chi connectivity index (χ3v) is 2.97. The Hall–Kier alpha value is -1.78. The average molecular weight is 265 g/mol. The van der Waals surface area contributed by atoms with Gasteiger partial charge < -0.3 is 15.8 Å². The number of anilines is 2. The van der Waals surface area contributed by atoms with E-state index in [2.05, 4.69) is 31.1 Å². The van der Waals surface area contributed by atoms with Crippen molar-refractivity contribution in [3.8, 4) is 0 Å². The normalized spacial score (nSPS) is 12.3. The summed E-state index contributed by atoms with van der Waals surface area (Å²) in [6, 6.07) is 1.85. The summed E-state index contributed by atoms with van der Waals surface area (Å²) in [6.45, 7) is 8.45. The Labute approximate surface area is 114 Å². The minimum Gasteiger partial charge on any atom is -0.462 e. The van der Waals surface area contributed by atoms with Gasteiger partial charge in [0, 0.05) is 6.04 Å². The summed E-state index contributed by atoms with van der Waals surface area (Å²) >= 11 is 0. The summed E-state index contributed by atoms with van der Waals surface area (Å²) in [5.74, 6) is 0.580. The van der Waals surface area contributed by atoms with Gasteiger partial charge in [0.05, 0.1) is 18.5 Å². The molecule has 0 bridgehead atoms. The van der Waals surface area contributed by atoms with Crippen LogP contribution in [0.15, 0.2) is 12.3 Å². The second kappa shape index (κ2) is 6.97. The van der Waals surface area contributed by atoms with Crippen molar-refractivity contribution in [1.82, 2.24) is 4.98 Å². The topological polar surface area (TPSA) is 77.2 Å². The summed E-state index contributed by atoms with van der Waals surface area (Å²) in [6.07, 6.45) is 2.49. The van der Waals surface area contributed by atoms with Crippen LogP contribution in [0, 0.1) is 5.92 Å². The van der Waals surface area contributed by atoms with E-state index >= 15 is 0 Å². The molecule has 3 N–H and O–H groups in total. The maximum atomic E-state index is 11.9. The van der Waals surface area contributed by atoms with Crippen molar-refractivity contribution in [3.63, 3.8) is 0 Å². The Kier molecular flexibility index (Phi) is 5.60. The maximum absolute atomic E-state index is 11.9. The molecule has 1 heterocycles. The van der Waals surface area contributed by atoms with Gasteiger partial charge in [-0.25, -0.2) is 9.78 Å². The molecule has 0 fully saturated rings. The predicted molar refractivity (Wildman–Crippen MR) is 77.1 cm³/mol. The van der Waals surface area contributed by atoms with Crippen LogP contribution in [0.4, 0.5) is 11.5 Å². The number of hydrogen-bond donors (Lipinski definition) is 2. The number of hydrogen-bond acceptors (Lipinski definition) is 5. The Morgan fingerprint density at radius 3 is 2.68 bits per heavy atom. The number of carbonyl (C=O) groups excluding carboxylic acids is 1. The molecule has 106 valence electrons. The Morgan fingerprint density at radius 2 is 2.16 bits per heavy atom. The lowest BCUT2D eigenvalue weighted by Gasteiger charge is -2.22. The van der Waals surface area contributed by atoms with Gasteiger partial charge >= 0.3 is 5.97 Å². The number of nitrogens with two attached hydrogens (primary N) is 1. The van der Waals surface area contributed by atoms with Gasteiger partial charge in [-0.1, -0.05) is 20.8 Å². The van der Waals surface area contributed by atoms with Crippen LogP contribution in [-0.4, -0.2) is 23.6 Å². The van der Waals surface area contributed by atoms with Gasteiger partial charge in [0.25, 0.3) is 0 Å². The molecule has 0 aromatic carbocycles. The highest BCUT2D eigenvalue weighted by molar-refractivity contribution is 5.95. The van der Waals surface area contributed by atoms with Crippen LogP contribution >= 0.6 is 0 Å². The summed E-state index contributed by atoms with van der Waals surface area (Å²) < 4.78 is 5.02. The number of rotatable bonds is 6. The van der Waals surface area contributed by atoms with E-state index in [1.54, 1.807) is 13.0 Å². The van der Waals surface area contributed by atoms with Gasteiger partial charge in [0.1, 0.15) is 11.4 Å². The number of nitrogen functional groups attached to an aromatic ring is 1. The molecule has 5 heteroatoms. The molecular formula is C14H23N3O2. The number of nitrogens with zero attached hydrogens (tertiary/aromatic N) is 1. The molecule has 0 saturated carbocycles. The lowest BCUT2D eigenvalue weighted by molar-refractivity contribution is 0.0527. The monoisotopic (exact) mass is 265 g/mol. The number of aromatic nitrogens is 1. The fourth-order valence-electron chi connectivity index (χ4n) is 1.88. The fraction of sp³-hybridized carbons (Fsp3) is 0.571. The van der Waals surface area contributed by atoms with E-state index in [9.17, 15) is 4.79 Å². The highest BCUT2D eigenvalue weighted by Gasteiger charge is 2.18. The zero-order chi connectivity index (χ0) is 14.4.